The van der Waals surface area contributed by atoms with E-state index in [1.807, 2.05) is 24.3 Å². The zero-order valence-electron chi connectivity index (χ0n) is 12.9. The fourth-order valence-electron chi connectivity index (χ4n) is 2.83. The molecular weight excluding hydrogens is 393 g/mol. The summed E-state index contributed by atoms with van der Waals surface area (Å²) < 4.78 is 11.6. The van der Waals surface area contributed by atoms with Gasteiger partial charge in [-0.05, 0) is 25.0 Å². The van der Waals surface area contributed by atoms with Gasteiger partial charge in [-0.3, -0.25) is 4.99 Å². The fourth-order valence-corrected chi connectivity index (χ4v) is 2.83. The Morgan fingerprint density at radius 2 is 1.95 bits per heavy atom. The monoisotopic (exact) mass is 417 g/mol. The number of halogens is 1. The number of para-hydroxylation sites is 2. The molecule has 1 aliphatic carbocycles. The van der Waals surface area contributed by atoms with Crippen molar-refractivity contribution in [2.24, 2.45) is 4.99 Å². The smallest absolute Gasteiger partial charge is 0.191 e. The molecular formula is C16H24IN3O2. The largest absolute Gasteiger partial charge is 0.486 e. The lowest BCUT2D eigenvalue weighted by Gasteiger charge is -2.27. The van der Waals surface area contributed by atoms with Crippen LogP contribution in [0.25, 0.3) is 0 Å². The number of fused-ring (bicyclic) bond motifs is 1. The van der Waals surface area contributed by atoms with Gasteiger partial charge in [-0.25, -0.2) is 0 Å². The summed E-state index contributed by atoms with van der Waals surface area (Å²) >= 11 is 0. The van der Waals surface area contributed by atoms with E-state index in [4.69, 9.17) is 9.47 Å². The van der Waals surface area contributed by atoms with Crippen LogP contribution in [0.1, 0.15) is 25.7 Å². The highest BCUT2D eigenvalue weighted by atomic mass is 127. The van der Waals surface area contributed by atoms with Crippen LogP contribution in [0.5, 0.6) is 11.5 Å². The van der Waals surface area contributed by atoms with E-state index in [0.717, 1.165) is 17.5 Å². The standard InChI is InChI=1S/C16H23N3O2.HI/c1-17-16(19-12-6-2-3-7-12)18-10-13-11-20-14-8-4-5-9-15(14)21-13;/h4-5,8-9,12-13H,2-3,6-7,10-11H2,1H3,(H2,17,18,19);1H. The molecule has 1 unspecified atom stereocenters. The lowest BCUT2D eigenvalue weighted by molar-refractivity contribution is 0.0936. The Kier molecular flexibility index (Phi) is 6.60. The Bertz CT molecular complexity index is 504. The molecule has 0 spiro atoms. The molecule has 2 aliphatic rings. The quantitative estimate of drug-likeness (QED) is 0.451. The number of hydrogen-bond acceptors (Lipinski definition) is 3. The lowest BCUT2D eigenvalue weighted by atomic mass is 10.2. The van der Waals surface area contributed by atoms with Crippen LogP contribution in [-0.4, -0.2) is 38.3 Å². The SMILES string of the molecule is CN=C(NCC1COc2ccccc2O1)NC1CCCC1.I. The molecule has 1 aromatic carbocycles. The Morgan fingerprint density at radius 3 is 2.68 bits per heavy atom. The zero-order valence-corrected chi connectivity index (χ0v) is 15.2. The third-order valence-corrected chi connectivity index (χ3v) is 3.98. The van der Waals surface area contributed by atoms with E-state index in [1.54, 1.807) is 7.05 Å². The van der Waals surface area contributed by atoms with E-state index >= 15 is 0 Å². The van der Waals surface area contributed by atoms with Gasteiger partial charge in [0.1, 0.15) is 12.7 Å². The van der Waals surface area contributed by atoms with Gasteiger partial charge in [0.15, 0.2) is 17.5 Å². The molecule has 122 valence electrons. The second kappa shape index (κ2) is 8.45. The number of aliphatic imine (C=N–C) groups is 1. The number of nitrogens with one attached hydrogen (secondary N) is 2. The normalized spacial score (nSPS) is 21.1. The first-order valence-corrected chi connectivity index (χ1v) is 7.71. The number of rotatable bonds is 3. The van der Waals surface area contributed by atoms with Crippen molar-refractivity contribution in [1.29, 1.82) is 0 Å². The molecule has 0 radical (unpaired) electrons. The van der Waals surface area contributed by atoms with Gasteiger partial charge in [-0.1, -0.05) is 25.0 Å². The highest BCUT2D eigenvalue weighted by molar-refractivity contribution is 14.0. The maximum atomic E-state index is 5.93. The molecule has 1 fully saturated rings. The topological polar surface area (TPSA) is 54.9 Å². The summed E-state index contributed by atoms with van der Waals surface area (Å²) in [6, 6.07) is 8.33. The van der Waals surface area contributed by atoms with Crippen molar-refractivity contribution in [2.75, 3.05) is 20.2 Å². The maximum Gasteiger partial charge on any atom is 0.191 e. The molecule has 0 aromatic heterocycles. The molecule has 0 amide bonds. The van der Waals surface area contributed by atoms with E-state index in [0.29, 0.717) is 19.2 Å². The Hall–Kier alpha value is -1.18. The molecule has 22 heavy (non-hydrogen) atoms. The van der Waals surface area contributed by atoms with Gasteiger partial charge in [0.25, 0.3) is 0 Å². The predicted octanol–water partition coefficient (Wildman–Crippen LogP) is 2.55. The van der Waals surface area contributed by atoms with Crippen LogP contribution in [0.2, 0.25) is 0 Å². The van der Waals surface area contributed by atoms with Crippen molar-refractivity contribution in [3.8, 4) is 11.5 Å². The first-order chi connectivity index (χ1) is 10.3. The van der Waals surface area contributed by atoms with E-state index < -0.39 is 0 Å². The summed E-state index contributed by atoms with van der Waals surface area (Å²) in [5.41, 5.74) is 0. The average Bonchev–Trinajstić information content (AvgIpc) is 3.04. The summed E-state index contributed by atoms with van der Waals surface area (Å²) in [4.78, 5) is 4.28. The molecule has 5 nitrogen and oxygen atoms in total. The number of ether oxygens (including phenoxy) is 2. The van der Waals surface area contributed by atoms with Crippen LogP contribution < -0.4 is 20.1 Å². The van der Waals surface area contributed by atoms with E-state index in [2.05, 4.69) is 15.6 Å². The van der Waals surface area contributed by atoms with Gasteiger partial charge in [0.05, 0.1) is 6.54 Å². The Balaban J connectivity index is 0.00000176. The van der Waals surface area contributed by atoms with Gasteiger partial charge in [-0.2, -0.15) is 0 Å². The summed E-state index contributed by atoms with van der Waals surface area (Å²) in [5.74, 6) is 2.49. The van der Waals surface area contributed by atoms with Crippen molar-refractivity contribution in [2.45, 2.75) is 37.8 Å². The van der Waals surface area contributed by atoms with Crippen LogP contribution in [0.3, 0.4) is 0 Å². The molecule has 0 saturated heterocycles. The molecule has 1 aromatic rings. The second-order valence-corrected chi connectivity index (χ2v) is 5.58. The fraction of sp³-hybridized carbons (Fsp3) is 0.562. The van der Waals surface area contributed by atoms with Crippen molar-refractivity contribution in [3.63, 3.8) is 0 Å². The average molecular weight is 417 g/mol. The van der Waals surface area contributed by atoms with Crippen LogP contribution in [0.4, 0.5) is 0 Å². The molecule has 0 bridgehead atoms. The van der Waals surface area contributed by atoms with Gasteiger partial charge in [-0.15, -0.1) is 24.0 Å². The molecule has 6 heteroatoms. The summed E-state index contributed by atoms with van der Waals surface area (Å²) in [7, 11) is 1.80. The van der Waals surface area contributed by atoms with E-state index in [1.165, 1.54) is 25.7 Å². The van der Waals surface area contributed by atoms with E-state index in [-0.39, 0.29) is 30.1 Å². The van der Waals surface area contributed by atoms with Crippen LogP contribution >= 0.6 is 24.0 Å². The Morgan fingerprint density at radius 1 is 1.23 bits per heavy atom. The second-order valence-electron chi connectivity index (χ2n) is 5.58. The molecule has 2 N–H and O–H groups in total. The molecule has 3 rings (SSSR count). The number of hydrogen-bond donors (Lipinski definition) is 2. The van der Waals surface area contributed by atoms with Crippen molar-refractivity contribution >= 4 is 29.9 Å². The van der Waals surface area contributed by atoms with Gasteiger partial charge < -0.3 is 20.1 Å². The molecule has 1 saturated carbocycles. The predicted molar refractivity (Wildman–Crippen MR) is 98.5 cm³/mol. The number of nitrogens with zero attached hydrogens (tertiary/aromatic N) is 1. The number of guanidine groups is 1. The third-order valence-electron chi connectivity index (χ3n) is 3.98. The number of benzene rings is 1. The summed E-state index contributed by atoms with van der Waals surface area (Å²) in [6.07, 6.45) is 5.09. The minimum atomic E-state index is 0. The zero-order chi connectivity index (χ0) is 14.5. The minimum Gasteiger partial charge on any atom is -0.486 e. The summed E-state index contributed by atoms with van der Waals surface area (Å²) in [5, 5.41) is 6.80. The van der Waals surface area contributed by atoms with Gasteiger partial charge in [0, 0.05) is 13.1 Å². The minimum absolute atomic E-state index is 0. The van der Waals surface area contributed by atoms with Crippen molar-refractivity contribution in [3.05, 3.63) is 24.3 Å². The van der Waals surface area contributed by atoms with Crippen LogP contribution in [0, 0.1) is 0 Å². The van der Waals surface area contributed by atoms with Crippen molar-refractivity contribution < 1.29 is 9.47 Å². The Labute approximate surface area is 148 Å². The van der Waals surface area contributed by atoms with Gasteiger partial charge in [0.2, 0.25) is 0 Å². The first kappa shape index (κ1) is 17.2. The highest BCUT2D eigenvalue weighted by Gasteiger charge is 2.21. The highest BCUT2D eigenvalue weighted by Crippen LogP contribution is 2.30. The van der Waals surface area contributed by atoms with Crippen LogP contribution in [0.15, 0.2) is 29.3 Å². The summed E-state index contributed by atoms with van der Waals surface area (Å²) in [6.45, 7) is 1.24. The van der Waals surface area contributed by atoms with Gasteiger partial charge >= 0.3 is 0 Å². The van der Waals surface area contributed by atoms with E-state index in [9.17, 15) is 0 Å². The molecule has 1 heterocycles. The third kappa shape index (κ3) is 4.41. The lowest BCUT2D eigenvalue weighted by Crippen LogP contribution is -2.47. The molecule has 1 atom stereocenters. The van der Waals surface area contributed by atoms with Crippen LogP contribution in [-0.2, 0) is 0 Å². The molecule has 1 aliphatic heterocycles. The maximum absolute atomic E-state index is 5.93. The van der Waals surface area contributed by atoms with Crippen molar-refractivity contribution in [1.82, 2.24) is 10.6 Å². The first-order valence-electron chi connectivity index (χ1n) is 7.71.